The van der Waals surface area contributed by atoms with E-state index >= 15 is 0 Å². The molecule has 5 rings (SSSR count). The minimum Gasteiger partial charge on any atom is -0.381 e. The van der Waals surface area contributed by atoms with Crippen LogP contribution in [0.3, 0.4) is 0 Å². The molecule has 0 radical (unpaired) electrons. The quantitative estimate of drug-likeness (QED) is 0.255. The van der Waals surface area contributed by atoms with Gasteiger partial charge in [0.05, 0.1) is 16.7 Å². The molecule has 0 bridgehead atoms. The number of H-pyrrole nitrogens is 1. The second-order valence-electron chi connectivity index (χ2n) is 10.3. The van der Waals surface area contributed by atoms with E-state index in [1.165, 1.54) is 24.0 Å². The van der Waals surface area contributed by atoms with Gasteiger partial charge in [-0.1, -0.05) is 18.6 Å². The molecule has 1 aliphatic rings. The number of aromatic amines is 1. The first-order chi connectivity index (χ1) is 18.5. The molecule has 38 heavy (non-hydrogen) atoms. The zero-order valence-corrected chi connectivity index (χ0v) is 23.3. The normalized spacial score (nSPS) is 16.6. The van der Waals surface area contributed by atoms with E-state index in [2.05, 4.69) is 102 Å². The standard InChI is InChI=1S/C31H39N7/c1-6-22(3)26(15-18-36(5)7-2)21-38-29-12-10-24(27-14-16-33-35-27)19-28(29)34-31(38)25-11-13-30(32-20-25)37-17-8-9-23(37)4/h10-16,18-20,23H,6-9,17,21H2,1-5H3,(H,33,35)/b18-15-,26-22?. The Bertz CT molecular complexity index is 1430. The minimum absolute atomic E-state index is 0.539. The fourth-order valence-electron chi connectivity index (χ4n) is 5.11. The first-order valence-electron chi connectivity index (χ1n) is 13.8. The Morgan fingerprint density at radius 3 is 2.66 bits per heavy atom. The van der Waals surface area contributed by atoms with E-state index in [0.29, 0.717) is 6.04 Å². The van der Waals surface area contributed by atoms with E-state index in [9.17, 15) is 0 Å². The summed E-state index contributed by atoms with van der Waals surface area (Å²) in [7, 11) is 2.11. The van der Waals surface area contributed by atoms with Gasteiger partial charge in [0.25, 0.3) is 0 Å². The van der Waals surface area contributed by atoms with E-state index in [1.807, 2.05) is 12.3 Å². The summed E-state index contributed by atoms with van der Waals surface area (Å²) in [4.78, 5) is 14.7. The monoisotopic (exact) mass is 509 g/mol. The van der Waals surface area contributed by atoms with Crippen molar-refractivity contribution in [1.29, 1.82) is 0 Å². The second-order valence-corrected chi connectivity index (χ2v) is 10.3. The summed E-state index contributed by atoms with van der Waals surface area (Å²) in [6.45, 7) is 11.7. The smallest absolute Gasteiger partial charge is 0.143 e. The Morgan fingerprint density at radius 1 is 1.16 bits per heavy atom. The maximum Gasteiger partial charge on any atom is 0.143 e. The molecule has 1 saturated heterocycles. The number of hydrogen-bond donors (Lipinski definition) is 1. The molecular formula is C31H39N7. The summed E-state index contributed by atoms with van der Waals surface area (Å²) in [6.07, 6.45) is 11.7. The van der Waals surface area contributed by atoms with Gasteiger partial charge in [-0.25, -0.2) is 9.97 Å². The van der Waals surface area contributed by atoms with Crippen molar-refractivity contribution in [3.8, 4) is 22.6 Å². The Labute approximate surface area is 225 Å². The van der Waals surface area contributed by atoms with Crippen molar-refractivity contribution in [2.24, 2.45) is 0 Å². The van der Waals surface area contributed by atoms with Crippen LogP contribution in [0.25, 0.3) is 33.7 Å². The highest BCUT2D eigenvalue weighted by Crippen LogP contribution is 2.31. The van der Waals surface area contributed by atoms with Gasteiger partial charge in [-0.05, 0) is 88.2 Å². The fraction of sp³-hybridized carbons (Fsp3) is 0.387. The van der Waals surface area contributed by atoms with Gasteiger partial charge in [0.1, 0.15) is 11.6 Å². The molecule has 4 heterocycles. The lowest BCUT2D eigenvalue weighted by atomic mass is 10.1. The molecule has 7 heteroatoms. The maximum atomic E-state index is 5.16. The van der Waals surface area contributed by atoms with Crippen molar-refractivity contribution in [1.82, 2.24) is 29.6 Å². The number of nitrogens with one attached hydrogen (secondary N) is 1. The minimum atomic E-state index is 0.539. The number of anilines is 1. The van der Waals surface area contributed by atoms with Gasteiger partial charge in [0, 0.05) is 56.2 Å². The molecule has 1 aromatic carbocycles. The van der Waals surface area contributed by atoms with Crippen LogP contribution in [-0.2, 0) is 6.54 Å². The van der Waals surface area contributed by atoms with Gasteiger partial charge < -0.3 is 14.4 Å². The van der Waals surface area contributed by atoms with Crippen molar-refractivity contribution in [3.05, 3.63) is 72.2 Å². The van der Waals surface area contributed by atoms with E-state index in [4.69, 9.17) is 9.97 Å². The number of aromatic nitrogens is 5. The third-order valence-electron chi connectivity index (χ3n) is 7.85. The Morgan fingerprint density at radius 2 is 2.00 bits per heavy atom. The van der Waals surface area contributed by atoms with E-state index in [1.54, 1.807) is 6.20 Å². The van der Waals surface area contributed by atoms with Crippen molar-refractivity contribution < 1.29 is 0 Å². The predicted molar refractivity (Wildman–Crippen MR) is 157 cm³/mol. The number of allylic oxidation sites excluding steroid dienone is 3. The van der Waals surface area contributed by atoms with Crippen LogP contribution >= 0.6 is 0 Å². The van der Waals surface area contributed by atoms with Crippen LogP contribution in [0.4, 0.5) is 5.82 Å². The SMILES string of the molecule is CCC(C)=C(/C=C\N(C)CC)Cn1c(-c2ccc(N3CCCC3C)nc2)nc2cc(-c3ccn[nH]3)ccc21. The van der Waals surface area contributed by atoms with Gasteiger partial charge >= 0.3 is 0 Å². The highest BCUT2D eigenvalue weighted by Gasteiger charge is 2.22. The number of hydrogen-bond acceptors (Lipinski definition) is 5. The van der Waals surface area contributed by atoms with Crippen LogP contribution in [0.5, 0.6) is 0 Å². The molecule has 3 aromatic heterocycles. The molecular weight excluding hydrogens is 470 g/mol. The van der Waals surface area contributed by atoms with Crippen molar-refractivity contribution in [2.75, 3.05) is 25.0 Å². The summed E-state index contributed by atoms with van der Waals surface area (Å²) in [6, 6.07) is 13.3. The number of fused-ring (bicyclic) bond motifs is 1. The maximum absolute atomic E-state index is 5.16. The third kappa shape index (κ3) is 5.23. The van der Waals surface area contributed by atoms with Crippen molar-refractivity contribution in [2.45, 2.75) is 59.5 Å². The van der Waals surface area contributed by atoms with Crippen LogP contribution in [0, 0.1) is 0 Å². The lowest BCUT2D eigenvalue weighted by Crippen LogP contribution is -2.26. The summed E-state index contributed by atoms with van der Waals surface area (Å²) in [5.74, 6) is 1.99. The largest absolute Gasteiger partial charge is 0.381 e. The molecule has 1 atom stereocenters. The fourth-order valence-corrected chi connectivity index (χ4v) is 5.11. The first-order valence-corrected chi connectivity index (χ1v) is 13.8. The number of pyridine rings is 1. The molecule has 1 unspecified atom stereocenters. The lowest BCUT2D eigenvalue weighted by molar-refractivity contribution is 0.483. The van der Waals surface area contributed by atoms with Crippen LogP contribution in [0.2, 0.25) is 0 Å². The highest BCUT2D eigenvalue weighted by molar-refractivity contribution is 5.85. The number of rotatable bonds is 9. The molecule has 198 valence electrons. The molecule has 1 fully saturated rings. The van der Waals surface area contributed by atoms with Crippen LogP contribution < -0.4 is 4.90 Å². The zero-order chi connectivity index (χ0) is 26.6. The van der Waals surface area contributed by atoms with Crippen LogP contribution in [0.15, 0.2) is 72.2 Å². The molecule has 0 spiro atoms. The molecule has 1 aliphatic heterocycles. The first kappa shape index (κ1) is 25.8. The Kier molecular flexibility index (Phi) is 7.63. The van der Waals surface area contributed by atoms with E-state index in [0.717, 1.165) is 65.6 Å². The molecule has 0 saturated carbocycles. The van der Waals surface area contributed by atoms with Gasteiger partial charge in [0.15, 0.2) is 0 Å². The number of nitrogens with zero attached hydrogens (tertiary/aromatic N) is 6. The number of imidazole rings is 1. The zero-order valence-electron chi connectivity index (χ0n) is 23.3. The molecule has 7 nitrogen and oxygen atoms in total. The van der Waals surface area contributed by atoms with Crippen LogP contribution in [0.1, 0.15) is 47.0 Å². The lowest BCUT2D eigenvalue weighted by Gasteiger charge is -2.22. The number of benzene rings is 1. The van der Waals surface area contributed by atoms with Crippen molar-refractivity contribution >= 4 is 16.9 Å². The van der Waals surface area contributed by atoms with Crippen molar-refractivity contribution in [3.63, 3.8) is 0 Å². The predicted octanol–water partition coefficient (Wildman–Crippen LogP) is 6.67. The Balaban J connectivity index is 1.59. The average molecular weight is 510 g/mol. The molecule has 1 N–H and O–H groups in total. The van der Waals surface area contributed by atoms with E-state index in [-0.39, 0.29) is 0 Å². The van der Waals surface area contributed by atoms with Gasteiger partial charge in [0.2, 0.25) is 0 Å². The van der Waals surface area contributed by atoms with E-state index < -0.39 is 0 Å². The van der Waals surface area contributed by atoms with Gasteiger partial charge in [-0.3, -0.25) is 5.10 Å². The third-order valence-corrected chi connectivity index (χ3v) is 7.85. The molecule has 0 amide bonds. The topological polar surface area (TPSA) is 65.9 Å². The Hall–Kier alpha value is -3.87. The summed E-state index contributed by atoms with van der Waals surface area (Å²) < 4.78 is 2.34. The molecule has 0 aliphatic carbocycles. The van der Waals surface area contributed by atoms with Gasteiger partial charge in [-0.15, -0.1) is 0 Å². The summed E-state index contributed by atoms with van der Waals surface area (Å²) in [5.41, 5.74) is 7.86. The second kappa shape index (κ2) is 11.3. The highest BCUT2D eigenvalue weighted by atomic mass is 15.2. The summed E-state index contributed by atoms with van der Waals surface area (Å²) in [5, 5.41) is 7.20. The summed E-state index contributed by atoms with van der Waals surface area (Å²) >= 11 is 0. The van der Waals surface area contributed by atoms with Crippen LogP contribution in [-0.4, -0.2) is 55.8 Å². The van der Waals surface area contributed by atoms with Gasteiger partial charge in [-0.2, -0.15) is 5.10 Å². The average Bonchev–Trinajstić information content (AvgIpc) is 3.70. The molecule has 4 aromatic rings.